The summed E-state index contributed by atoms with van der Waals surface area (Å²) in [5, 5.41) is 3.55. The van der Waals surface area contributed by atoms with Crippen molar-refractivity contribution in [3.63, 3.8) is 0 Å². The predicted molar refractivity (Wildman–Crippen MR) is 80.8 cm³/mol. The summed E-state index contributed by atoms with van der Waals surface area (Å²) in [4.78, 5) is 2.40. The minimum absolute atomic E-state index is 0.302. The van der Waals surface area contributed by atoms with Gasteiger partial charge in [0.25, 0.3) is 0 Å². The van der Waals surface area contributed by atoms with E-state index in [1.165, 1.54) is 24.9 Å². The van der Waals surface area contributed by atoms with Crippen LogP contribution in [0, 0.1) is 0 Å². The highest BCUT2D eigenvalue weighted by molar-refractivity contribution is 9.10. The first-order valence-electron chi connectivity index (χ1n) is 7.08. The number of ether oxygens (including phenoxy) is 1. The summed E-state index contributed by atoms with van der Waals surface area (Å²) in [6.07, 6.45) is 3.95. The first kappa shape index (κ1) is 13.4. The molecule has 1 N–H and O–H groups in total. The van der Waals surface area contributed by atoms with Gasteiger partial charge in [0, 0.05) is 30.0 Å². The molecule has 3 nitrogen and oxygen atoms in total. The van der Waals surface area contributed by atoms with Gasteiger partial charge in [-0.25, -0.2) is 0 Å². The zero-order valence-electron chi connectivity index (χ0n) is 11.4. The van der Waals surface area contributed by atoms with Crippen LogP contribution < -0.4 is 10.1 Å². The van der Waals surface area contributed by atoms with Gasteiger partial charge in [-0.15, -0.1) is 0 Å². The van der Waals surface area contributed by atoms with E-state index in [1.807, 2.05) is 6.07 Å². The van der Waals surface area contributed by atoms with Crippen molar-refractivity contribution in [1.82, 2.24) is 10.2 Å². The minimum atomic E-state index is 0.302. The predicted octanol–water partition coefficient (Wildman–Crippen LogP) is 2.44. The first-order chi connectivity index (χ1) is 9.20. The van der Waals surface area contributed by atoms with Crippen molar-refractivity contribution >= 4 is 15.9 Å². The van der Waals surface area contributed by atoms with E-state index in [1.54, 1.807) is 0 Å². The Labute approximate surface area is 123 Å². The molecule has 1 saturated heterocycles. The topological polar surface area (TPSA) is 24.5 Å². The zero-order valence-corrected chi connectivity index (χ0v) is 12.9. The number of benzene rings is 1. The van der Waals surface area contributed by atoms with E-state index in [-0.39, 0.29) is 0 Å². The highest BCUT2D eigenvalue weighted by atomic mass is 79.9. The Bertz CT molecular complexity index is 446. The smallest absolute Gasteiger partial charge is 0.123 e. The minimum Gasteiger partial charge on any atom is -0.488 e. The molecule has 0 saturated carbocycles. The monoisotopic (exact) mass is 324 g/mol. The van der Waals surface area contributed by atoms with Crippen LogP contribution in [0.4, 0.5) is 0 Å². The van der Waals surface area contributed by atoms with Crippen LogP contribution in [-0.4, -0.2) is 43.7 Å². The van der Waals surface area contributed by atoms with Gasteiger partial charge >= 0.3 is 0 Å². The van der Waals surface area contributed by atoms with Crippen molar-refractivity contribution < 1.29 is 4.74 Å². The van der Waals surface area contributed by atoms with Crippen LogP contribution in [0.1, 0.15) is 18.4 Å². The maximum absolute atomic E-state index is 6.01. The highest BCUT2D eigenvalue weighted by Gasteiger charge is 2.25. The molecule has 0 spiro atoms. The summed E-state index contributed by atoms with van der Waals surface area (Å²) < 4.78 is 7.15. The van der Waals surface area contributed by atoms with E-state index < -0.39 is 0 Å². The summed E-state index contributed by atoms with van der Waals surface area (Å²) in [7, 11) is 2.20. The largest absolute Gasteiger partial charge is 0.488 e. The number of hydrogen-bond donors (Lipinski definition) is 1. The van der Waals surface area contributed by atoms with Crippen molar-refractivity contribution in [3.8, 4) is 5.75 Å². The van der Waals surface area contributed by atoms with Gasteiger partial charge in [-0.3, -0.25) is 0 Å². The average Bonchev–Trinajstić information content (AvgIpc) is 2.97. The summed E-state index contributed by atoms with van der Waals surface area (Å²) >= 11 is 3.52. The molecule has 4 heteroatoms. The maximum Gasteiger partial charge on any atom is 0.123 e. The SMILES string of the molecule is CN(CC1CCCN1)CC1Cc2cc(Br)ccc2O1. The van der Waals surface area contributed by atoms with Crippen LogP contribution in [0.5, 0.6) is 5.75 Å². The Hall–Kier alpha value is -0.580. The van der Waals surface area contributed by atoms with Crippen molar-refractivity contribution in [2.24, 2.45) is 0 Å². The van der Waals surface area contributed by atoms with Crippen LogP contribution in [-0.2, 0) is 6.42 Å². The number of nitrogens with one attached hydrogen (secondary N) is 1. The Balaban J connectivity index is 1.52. The summed E-state index contributed by atoms with van der Waals surface area (Å²) in [5.41, 5.74) is 1.33. The van der Waals surface area contributed by atoms with Crippen LogP contribution in [0.3, 0.4) is 0 Å². The van der Waals surface area contributed by atoms with Crippen LogP contribution in [0.2, 0.25) is 0 Å². The summed E-state index contributed by atoms with van der Waals surface area (Å²) in [6, 6.07) is 6.96. The molecule has 104 valence electrons. The Kier molecular flexibility index (Phi) is 4.10. The standard InChI is InChI=1S/C15H21BrN2O/c1-18(9-13-3-2-6-17-13)10-14-8-11-7-12(16)4-5-15(11)19-14/h4-5,7,13-14,17H,2-3,6,8-10H2,1H3. The molecular weight excluding hydrogens is 304 g/mol. The van der Waals surface area contributed by atoms with Crippen molar-refractivity contribution in [1.29, 1.82) is 0 Å². The molecule has 0 aromatic heterocycles. The quantitative estimate of drug-likeness (QED) is 0.920. The molecule has 2 aliphatic rings. The lowest BCUT2D eigenvalue weighted by atomic mass is 10.1. The molecule has 1 aromatic carbocycles. The lowest BCUT2D eigenvalue weighted by Gasteiger charge is -2.23. The van der Waals surface area contributed by atoms with Crippen LogP contribution in [0.15, 0.2) is 22.7 Å². The lowest BCUT2D eigenvalue weighted by molar-refractivity contribution is 0.162. The maximum atomic E-state index is 6.01. The van der Waals surface area contributed by atoms with E-state index >= 15 is 0 Å². The molecule has 2 heterocycles. The third-order valence-electron chi connectivity index (χ3n) is 3.97. The van der Waals surface area contributed by atoms with E-state index in [4.69, 9.17) is 4.74 Å². The molecular formula is C15H21BrN2O. The van der Waals surface area contributed by atoms with Crippen LogP contribution >= 0.6 is 15.9 Å². The van der Waals surface area contributed by atoms with Gasteiger partial charge in [0.05, 0.1) is 0 Å². The van der Waals surface area contributed by atoms with Gasteiger partial charge in [-0.2, -0.15) is 0 Å². The number of fused-ring (bicyclic) bond motifs is 1. The van der Waals surface area contributed by atoms with Gasteiger partial charge in [-0.1, -0.05) is 15.9 Å². The van der Waals surface area contributed by atoms with Gasteiger partial charge in [0.15, 0.2) is 0 Å². The van der Waals surface area contributed by atoms with Crippen molar-refractivity contribution in [2.75, 3.05) is 26.7 Å². The van der Waals surface area contributed by atoms with Crippen molar-refractivity contribution in [3.05, 3.63) is 28.2 Å². The third kappa shape index (κ3) is 3.30. The fourth-order valence-corrected chi connectivity index (χ4v) is 3.51. The van der Waals surface area contributed by atoms with Crippen LogP contribution in [0.25, 0.3) is 0 Å². The molecule has 0 amide bonds. The molecule has 3 rings (SSSR count). The Morgan fingerprint density at radius 1 is 1.42 bits per heavy atom. The fraction of sp³-hybridized carbons (Fsp3) is 0.600. The molecule has 0 aliphatic carbocycles. The Morgan fingerprint density at radius 2 is 2.32 bits per heavy atom. The number of rotatable bonds is 4. The van der Waals surface area contributed by atoms with E-state index in [0.29, 0.717) is 12.1 Å². The summed E-state index contributed by atoms with van der Waals surface area (Å²) in [5.74, 6) is 1.06. The molecule has 1 aromatic rings. The number of likely N-dealkylation sites (N-methyl/N-ethyl adjacent to an activating group) is 1. The third-order valence-corrected chi connectivity index (χ3v) is 4.47. The van der Waals surface area contributed by atoms with Gasteiger partial charge in [0.1, 0.15) is 11.9 Å². The molecule has 2 unspecified atom stereocenters. The number of halogens is 1. The molecule has 2 atom stereocenters. The highest BCUT2D eigenvalue weighted by Crippen LogP contribution is 2.31. The second-order valence-corrected chi connectivity index (χ2v) is 6.63. The Morgan fingerprint density at radius 3 is 3.11 bits per heavy atom. The van der Waals surface area contributed by atoms with Crippen molar-refractivity contribution in [2.45, 2.75) is 31.4 Å². The van der Waals surface area contributed by atoms with Gasteiger partial charge < -0.3 is 15.0 Å². The zero-order chi connectivity index (χ0) is 13.2. The molecule has 0 bridgehead atoms. The molecule has 19 heavy (non-hydrogen) atoms. The lowest BCUT2D eigenvalue weighted by Crippen LogP contribution is -2.40. The second-order valence-electron chi connectivity index (χ2n) is 5.71. The van der Waals surface area contributed by atoms with E-state index in [9.17, 15) is 0 Å². The van der Waals surface area contributed by atoms with Gasteiger partial charge in [0.2, 0.25) is 0 Å². The molecule has 1 fully saturated rings. The van der Waals surface area contributed by atoms with E-state index in [2.05, 4.69) is 45.3 Å². The first-order valence-corrected chi connectivity index (χ1v) is 7.87. The number of nitrogens with zero attached hydrogens (tertiary/aromatic N) is 1. The van der Waals surface area contributed by atoms with Gasteiger partial charge in [-0.05, 0) is 50.2 Å². The fourth-order valence-electron chi connectivity index (χ4n) is 3.10. The average molecular weight is 325 g/mol. The number of hydrogen-bond acceptors (Lipinski definition) is 3. The normalized spacial score (nSPS) is 25.6. The molecule has 0 radical (unpaired) electrons. The summed E-state index contributed by atoms with van der Waals surface area (Å²) in [6.45, 7) is 3.31. The second kappa shape index (κ2) is 5.81. The molecule has 2 aliphatic heterocycles. The van der Waals surface area contributed by atoms with E-state index in [0.717, 1.165) is 29.7 Å².